The van der Waals surface area contributed by atoms with Crippen LogP contribution in [0.5, 0.6) is 11.5 Å². The van der Waals surface area contributed by atoms with Crippen LogP contribution >= 0.6 is 11.9 Å². The number of hydrogen-bond acceptors (Lipinski definition) is 9. The summed E-state index contributed by atoms with van der Waals surface area (Å²) in [5.41, 5.74) is 8.92. The average Bonchev–Trinajstić information content (AvgIpc) is 3.31. The van der Waals surface area contributed by atoms with E-state index >= 15 is 0 Å². The molecular weight excluding hydrogens is 466 g/mol. The van der Waals surface area contributed by atoms with Crippen molar-refractivity contribution in [3.8, 4) is 11.5 Å². The topological polar surface area (TPSA) is 124 Å². The van der Waals surface area contributed by atoms with Crippen molar-refractivity contribution in [2.24, 2.45) is 10.7 Å². The van der Waals surface area contributed by atoms with E-state index in [4.69, 9.17) is 19.7 Å². The molecule has 1 heterocycles. The molecule has 0 atom stereocenters. The molecule has 1 amide bonds. The van der Waals surface area contributed by atoms with Crippen LogP contribution in [0.15, 0.2) is 69.2 Å². The number of aryl methyl sites for hydroxylation is 1. The van der Waals surface area contributed by atoms with Gasteiger partial charge in [0.05, 0.1) is 25.7 Å². The molecule has 2 aromatic carbocycles. The SMILES string of the molecule is C=CC(=O)NC/C(C=NCc1cc(OC)c2c(NSc3cc(CC)ccc3OC)noc2c1)=C/N. The molecule has 0 saturated heterocycles. The molecule has 1 aromatic heterocycles. The predicted molar refractivity (Wildman–Crippen MR) is 140 cm³/mol. The van der Waals surface area contributed by atoms with E-state index in [1.807, 2.05) is 24.3 Å². The molecule has 10 heteroatoms. The Morgan fingerprint density at radius 1 is 1.23 bits per heavy atom. The van der Waals surface area contributed by atoms with Gasteiger partial charge in [-0.3, -0.25) is 9.79 Å². The summed E-state index contributed by atoms with van der Waals surface area (Å²) in [5.74, 6) is 1.65. The Hall–Kier alpha value is -3.92. The largest absolute Gasteiger partial charge is 0.496 e. The van der Waals surface area contributed by atoms with Crippen molar-refractivity contribution in [1.29, 1.82) is 0 Å². The molecule has 3 aromatic rings. The van der Waals surface area contributed by atoms with Gasteiger partial charge >= 0.3 is 0 Å². The zero-order valence-corrected chi connectivity index (χ0v) is 20.8. The minimum atomic E-state index is -0.280. The fourth-order valence-electron chi connectivity index (χ4n) is 3.21. The Morgan fingerprint density at radius 2 is 2.03 bits per heavy atom. The highest BCUT2D eigenvalue weighted by molar-refractivity contribution is 8.00. The van der Waals surface area contributed by atoms with Crippen LogP contribution in [0.2, 0.25) is 0 Å². The van der Waals surface area contributed by atoms with E-state index in [0.29, 0.717) is 29.3 Å². The van der Waals surface area contributed by atoms with Crippen LogP contribution in [0.4, 0.5) is 5.82 Å². The Kier molecular flexibility index (Phi) is 9.19. The van der Waals surface area contributed by atoms with E-state index < -0.39 is 0 Å². The molecule has 0 fully saturated rings. The molecule has 4 N–H and O–H groups in total. The molecule has 9 nitrogen and oxygen atoms in total. The van der Waals surface area contributed by atoms with Crippen molar-refractivity contribution in [2.45, 2.75) is 24.8 Å². The second kappa shape index (κ2) is 12.5. The van der Waals surface area contributed by atoms with Crippen LogP contribution in [-0.4, -0.2) is 38.0 Å². The molecule has 0 aliphatic heterocycles. The summed E-state index contributed by atoms with van der Waals surface area (Å²) >= 11 is 1.39. The van der Waals surface area contributed by atoms with E-state index in [1.165, 1.54) is 29.8 Å². The lowest BCUT2D eigenvalue weighted by molar-refractivity contribution is -0.116. The first kappa shape index (κ1) is 25.7. The molecule has 0 unspecified atom stereocenters. The average molecular weight is 496 g/mol. The Balaban J connectivity index is 1.75. The summed E-state index contributed by atoms with van der Waals surface area (Å²) in [5, 5.41) is 7.58. The molecular formula is C25H29N5O4S. The second-order valence-corrected chi connectivity index (χ2v) is 8.23. The standard InChI is InChI=1S/C25H29N5O4S/c1-5-16-7-8-19(32-3)22(11-16)35-30-25-24-20(33-4)9-17(10-21(24)34-29-25)13-27-14-18(12-26)15-28-23(31)6-2/h6-12,14H,2,5,13,15,26H2,1,3-4H3,(H,28,31)(H,29,30)/b18-12+,27-14?. The van der Waals surface area contributed by atoms with Crippen molar-refractivity contribution in [3.63, 3.8) is 0 Å². The molecule has 184 valence electrons. The monoisotopic (exact) mass is 495 g/mol. The van der Waals surface area contributed by atoms with Gasteiger partial charge in [-0.2, -0.15) is 0 Å². The van der Waals surface area contributed by atoms with Gasteiger partial charge in [0.15, 0.2) is 11.4 Å². The number of carbonyl (C=O) groups excluding carboxylic acids is 1. The van der Waals surface area contributed by atoms with Crippen molar-refractivity contribution in [1.82, 2.24) is 10.5 Å². The van der Waals surface area contributed by atoms with Crippen LogP contribution in [0.25, 0.3) is 11.0 Å². The number of methoxy groups -OCH3 is 2. The molecule has 0 bridgehead atoms. The molecule has 0 aliphatic rings. The van der Waals surface area contributed by atoms with Crippen LogP contribution in [0.1, 0.15) is 18.1 Å². The highest BCUT2D eigenvalue weighted by Gasteiger charge is 2.16. The van der Waals surface area contributed by atoms with E-state index in [-0.39, 0.29) is 12.5 Å². The van der Waals surface area contributed by atoms with Crippen molar-refractivity contribution in [2.75, 3.05) is 25.5 Å². The number of rotatable bonds is 12. The number of fused-ring (bicyclic) bond motifs is 1. The highest BCUT2D eigenvalue weighted by Crippen LogP contribution is 2.37. The van der Waals surface area contributed by atoms with Gasteiger partial charge in [0, 0.05) is 24.5 Å². The summed E-state index contributed by atoms with van der Waals surface area (Å²) in [6.45, 7) is 6.14. The lowest BCUT2D eigenvalue weighted by Crippen LogP contribution is -2.24. The summed E-state index contributed by atoms with van der Waals surface area (Å²) < 4.78 is 19.9. The Labute approximate surface area is 208 Å². The van der Waals surface area contributed by atoms with Gasteiger partial charge in [-0.25, -0.2) is 0 Å². The minimum absolute atomic E-state index is 0.258. The molecule has 0 aliphatic carbocycles. The molecule has 0 saturated carbocycles. The lowest BCUT2D eigenvalue weighted by Gasteiger charge is -2.10. The van der Waals surface area contributed by atoms with Gasteiger partial charge in [-0.05, 0) is 59.8 Å². The molecule has 35 heavy (non-hydrogen) atoms. The number of aromatic nitrogens is 1. The van der Waals surface area contributed by atoms with Crippen molar-refractivity contribution in [3.05, 3.63) is 65.9 Å². The fourth-order valence-corrected chi connectivity index (χ4v) is 4.02. The molecule has 0 spiro atoms. The summed E-state index contributed by atoms with van der Waals surface area (Å²) in [6, 6.07) is 9.83. The van der Waals surface area contributed by atoms with Crippen molar-refractivity contribution < 1.29 is 18.8 Å². The normalized spacial score (nSPS) is 11.6. The molecule has 0 radical (unpaired) electrons. The van der Waals surface area contributed by atoms with Gasteiger partial charge in [0.25, 0.3) is 0 Å². The van der Waals surface area contributed by atoms with Gasteiger partial charge < -0.3 is 29.8 Å². The number of ether oxygens (including phenoxy) is 2. The van der Waals surface area contributed by atoms with Gasteiger partial charge in [0.1, 0.15) is 16.9 Å². The summed E-state index contributed by atoms with van der Waals surface area (Å²) in [7, 11) is 3.24. The Morgan fingerprint density at radius 3 is 2.71 bits per heavy atom. The van der Waals surface area contributed by atoms with E-state index in [0.717, 1.165) is 28.0 Å². The first-order chi connectivity index (χ1) is 17.0. The number of nitrogens with two attached hydrogens (primary N) is 1. The number of amides is 1. The number of anilines is 1. The maximum atomic E-state index is 11.3. The van der Waals surface area contributed by atoms with E-state index in [9.17, 15) is 4.79 Å². The third-order valence-corrected chi connectivity index (χ3v) is 5.94. The first-order valence-corrected chi connectivity index (χ1v) is 11.7. The number of carbonyl (C=O) groups is 1. The zero-order valence-electron chi connectivity index (χ0n) is 20.0. The fraction of sp³-hybridized carbons (Fsp3) is 0.240. The van der Waals surface area contributed by atoms with Crippen LogP contribution in [-0.2, 0) is 17.8 Å². The Bertz CT molecular complexity index is 1250. The summed E-state index contributed by atoms with van der Waals surface area (Å²) in [4.78, 5) is 16.7. The van der Waals surface area contributed by atoms with Gasteiger partial charge in [0.2, 0.25) is 5.91 Å². The third kappa shape index (κ3) is 6.57. The zero-order chi connectivity index (χ0) is 25.2. The third-order valence-electron chi connectivity index (χ3n) is 5.11. The summed E-state index contributed by atoms with van der Waals surface area (Å²) in [6.07, 6.45) is 5.13. The highest BCUT2D eigenvalue weighted by atomic mass is 32.2. The maximum absolute atomic E-state index is 11.3. The number of aliphatic imine (C=N–C) groups is 1. The van der Waals surface area contributed by atoms with Crippen LogP contribution < -0.4 is 25.2 Å². The van der Waals surface area contributed by atoms with Crippen molar-refractivity contribution >= 4 is 40.9 Å². The van der Waals surface area contributed by atoms with Gasteiger partial charge in [-0.15, -0.1) is 0 Å². The van der Waals surface area contributed by atoms with Crippen LogP contribution in [0.3, 0.4) is 0 Å². The number of benzene rings is 2. The van der Waals surface area contributed by atoms with Gasteiger partial charge in [-0.1, -0.05) is 24.7 Å². The second-order valence-electron chi connectivity index (χ2n) is 7.38. The first-order valence-electron chi connectivity index (χ1n) is 10.9. The van der Waals surface area contributed by atoms with E-state index in [2.05, 4.69) is 39.8 Å². The smallest absolute Gasteiger partial charge is 0.243 e. The molecule has 3 rings (SSSR count). The number of hydrogen-bond donors (Lipinski definition) is 3. The predicted octanol–water partition coefficient (Wildman–Crippen LogP) is 4.24. The number of nitrogens with one attached hydrogen (secondary N) is 2. The lowest BCUT2D eigenvalue weighted by atomic mass is 10.1. The van der Waals surface area contributed by atoms with Crippen LogP contribution in [0, 0.1) is 0 Å². The minimum Gasteiger partial charge on any atom is -0.496 e. The quantitative estimate of drug-likeness (QED) is 0.194. The maximum Gasteiger partial charge on any atom is 0.243 e. The van der Waals surface area contributed by atoms with E-state index in [1.54, 1.807) is 20.4 Å². The number of nitrogens with zero attached hydrogens (tertiary/aromatic N) is 2.